The first kappa shape index (κ1) is 18.7. The van der Waals surface area contributed by atoms with Crippen LogP contribution in [0, 0.1) is 0 Å². The number of nitrogens with one attached hydrogen (secondary N) is 1. The number of rotatable bonds is 11. The molecule has 0 heterocycles. The smallest absolute Gasteiger partial charge is 0.228 e. The minimum absolute atomic E-state index is 0.00494. The van der Waals surface area contributed by atoms with Crippen LogP contribution in [0.15, 0.2) is 11.8 Å². The van der Waals surface area contributed by atoms with Gasteiger partial charge in [-0.1, -0.05) is 45.4 Å². The zero-order valence-corrected chi connectivity index (χ0v) is 13.9. The summed E-state index contributed by atoms with van der Waals surface area (Å²) in [5.41, 5.74) is 0. The molecule has 22 heavy (non-hydrogen) atoms. The van der Waals surface area contributed by atoms with E-state index < -0.39 is 0 Å². The van der Waals surface area contributed by atoms with Crippen molar-refractivity contribution >= 4 is 11.7 Å². The van der Waals surface area contributed by atoms with Gasteiger partial charge in [0.15, 0.2) is 0 Å². The number of allylic oxidation sites excluding steroid dienone is 1. The molecule has 0 aromatic carbocycles. The molecule has 0 saturated heterocycles. The zero-order chi connectivity index (χ0) is 16.2. The number of Topliss-reactive ketones (excluding diaryl/α,β-unsaturated/α-hetero) is 1. The van der Waals surface area contributed by atoms with E-state index in [1.165, 1.54) is 32.1 Å². The van der Waals surface area contributed by atoms with E-state index in [4.69, 9.17) is 0 Å². The summed E-state index contributed by atoms with van der Waals surface area (Å²) < 4.78 is 0. The summed E-state index contributed by atoms with van der Waals surface area (Å²) >= 11 is 0. The molecular weight excluding hydrogens is 278 g/mol. The van der Waals surface area contributed by atoms with Crippen molar-refractivity contribution in [2.24, 2.45) is 0 Å². The standard InChI is InChI=1S/C18H31NO3/c1-2-3-4-5-6-7-8-11-15(20)14-18(22)19-16-12-9-10-13-17(16)21/h13,16,21H,2-12,14H2,1H3,(H,19,22)/t16-/m0/s1. The summed E-state index contributed by atoms with van der Waals surface area (Å²) in [5.74, 6) is -0.0238. The van der Waals surface area contributed by atoms with Crippen LogP contribution < -0.4 is 5.32 Å². The Morgan fingerprint density at radius 1 is 1.18 bits per heavy atom. The number of hydrogen-bond acceptors (Lipinski definition) is 3. The van der Waals surface area contributed by atoms with Gasteiger partial charge in [-0.05, 0) is 31.8 Å². The van der Waals surface area contributed by atoms with Gasteiger partial charge in [-0.25, -0.2) is 0 Å². The Morgan fingerprint density at radius 3 is 2.55 bits per heavy atom. The van der Waals surface area contributed by atoms with E-state index in [2.05, 4.69) is 12.2 Å². The summed E-state index contributed by atoms with van der Waals surface area (Å²) in [6, 6.07) is -0.299. The fraction of sp³-hybridized carbons (Fsp3) is 0.778. The van der Waals surface area contributed by atoms with Crippen molar-refractivity contribution in [1.29, 1.82) is 0 Å². The quantitative estimate of drug-likeness (QED) is 0.444. The highest BCUT2D eigenvalue weighted by Gasteiger charge is 2.20. The fourth-order valence-electron chi connectivity index (χ4n) is 2.80. The Hall–Kier alpha value is -1.32. The monoisotopic (exact) mass is 309 g/mol. The number of aliphatic hydroxyl groups is 1. The fourth-order valence-corrected chi connectivity index (χ4v) is 2.80. The topological polar surface area (TPSA) is 66.4 Å². The summed E-state index contributed by atoms with van der Waals surface area (Å²) in [6.45, 7) is 2.20. The van der Waals surface area contributed by atoms with Crippen LogP contribution >= 0.6 is 0 Å². The molecule has 2 N–H and O–H groups in total. The molecule has 4 heteroatoms. The molecule has 0 bridgehead atoms. The van der Waals surface area contributed by atoms with Gasteiger partial charge in [0, 0.05) is 6.42 Å². The van der Waals surface area contributed by atoms with Crippen LogP contribution in [-0.4, -0.2) is 22.8 Å². The molecule has 126 valence electrons. The van der Waals surface area contributed by atoms with E-state index in [1.807, 2.05) is 0 Å². The molecular formula is C18H31NO3. The van der Waals surface area contributed by atoms with Crippen molar-refractivity contribution in [1.82, 2.24) is 5.32 Å². The number of amides is 1. The Bertz CT molecular complexity index is 377. The molecule has 1 aliphatic carbocycles. The number of hydrogen-bond donors (Lipinski definition) is 2. The van der Waals surface area contributed by atoms with Gasteiger partial charge < -0.3 is 10.4 Å². The van der Waals surface area contributed by atoms with E-state index in [0.29, 0.717) is 6.42 Å². The summed E-state index contributed by atoms with van der Waals surface area (Å²) in [4.78, 5) is 23.6. The number of unbranched alkanes of at least 4 members (excludes halogenated alkanes) is 6. The van der Waals surface area contributed by atoms with Crippen LogP contribution in [-0.2, 0) is 9.59 Å². The van der Waals surface area contributed by atoms with Crippen LogP contribution in [0.1, 0.15) is 84.0 Å². The Balaban J connectivity index is 2.07. The van der Waals surface area contributed by atoms with Crippen LogP contribution in [0.2, 0.25) is 0 Å². The second-order valence-corrected chi connectivity index (χ2v) is 6.27. The molecule has 1 aliphatic rings. The lowest BCUT2D eigenvalue weighted by Gasteiger charge is -2.21. The van der Waals surface area contributed by atoms with Gasteiger partial charge in [-0.15, -0.1) is 0 Å². The first-order chi connectivity index (χ1) is 10.6. The van der Waals surface area contributed by atoms with Crippen molar-refractivity contribution in [3.05, 3.63) is 11.8 Å². The molecule has 1 amide bonds. The first-order valence-corrected chi connectivity index (χ1v) is 8.83. The van der Waals surface area contributed by atoms with Gasteiger partial charge in [-0.2, -0.15) is 0 Å². The summed E-state index contributed by atoms with van der Waals surface area (Å²) in [7, 11) is 0. The number of carbonyl (C=O) groups excluding carboxylic acids is 2. The highest BCUT2D eigenvalue weighted by Crippen LogP contribution is 2.16. The molecule has 1 rings (SSSR count). The Kier molecular flexibility index (Phi) is 9.60. The number of carbonyl (C=O) groups is 2. The number of aliphatic hydroxyl groups excluding tert-OH is 1. The predicted molar refractivity (Wildman–Crippen MR) is 88.7 cm³/mol. The van der Waals surface area contributed by atoms with Crippen LogP contribution in [0.25, 0.3) is 0 Å². The normalized spacial score (nSPS) is 17.9. The Labute approximate surface area is 134 Å². The summed E-state index contributed by atoms with van der Waals surface area (Å²) in [6.07, 6.45) is 13.0. The van der Waals surface area contributed by atoms with E-state index in [-0.39, 0.29) is 29.9 Å². The van der Waals surface area contributed by atoms with Crippen LogP contribution in [0.5, 0.6) is 0 Å². The first-order valence-electron chi connectivity index (χ1n) is 8.83. The molecule has 0 unspecified atom stereocenters. The summed E-state index contributed by atoms with van der Waals surface area (Å²) in [5, 5.41) is 12.4. The molecule has 0 fully saturated rings. The van der Waals surface area contributed by atoms with Gasteiger partial charge in [0.05, 0.1) is 12.5 Å². The van der Waals surface area contributed by atoms with Crippen molar-refractivity contribution in [2.45, 2.75) is 90.0 Å². The van der Waals surface area contributed by atoms with Crippen molar-refractivity contribution < 1.29 is 14.7 Å². The molecule has 0 aromatic heterocycles. The molecule has 0 saturated carbocycles. The maximum absolute atomic E-state index is 11.8. The zero-order valence-electron chi connectivity index (χ0n) is 13.9. The predicted octanol–water partition coefficient (Wildman–Crippen LogP) is 4.20. The lowest BCUT2D eigenvalue weighted by Crippen LogP contribution is -2.38. The lowest BCUT2D eigenvalue weighted by molar-refractivity contribution is -0.128. The third kappa shape index (κ3) is 8.20. The minimum atomic E-state index is -0.299. The third-order valence-corrected chi connectivity index (χ3v) is 4.16. The average Bonchev–Trinajstić information content (AvgIpc) is 2.48. The van der Waals surface area contributed by atoms with Gasteiger partial charge in [0.1, 0.15) is 11.5 Å². The highest BCUT2D eigenvalue weighted by atomic mass is 16.3. The largest absolute Gasteiger partial charge is 0.510 e. The van der Waals surface area contributed by atoms with Crippen LogP contribution in [0.3, 0.4) is 0 Å². The van der Waals surface area contributed by atoms with E-state index in [0.717, 1.165) is 32.1 Å². The molecule has 0 radical (unpaired) electrons. The second-order valence-electron chi connectivity index (χ2n) is 6.27. The average molecular weight is 309 g/mol. The Morgan fingerprint density at radius 2 is 1.86 bits per heavy atom. The minimum Gasteiger partial charge on any atom is -0.510 e. The highest BCUT2D eigenvalue weighted by molar-refractivity contribution is 5.98. The van der Waals surface area contributed by atoms with E-state index >= 15 is 0 Å². The molecule has 0 spiro atoms. The number of ketones is 1. The van der Waals surface area contributed by atoms with Gasteiger partial charge >= 0.3 is 0 Å². The lowest BCUT2D eigenvalue weighted by atomic mass is 10.0. The van der Waals surface area contributed by atoms with Crippen LogP contribution in [0.4, 0.5) is 0 Å². The molecule has 0 aliphatic heterocycles. The SMILES string of the molecule is CCCCCCCCCC(=O)CC(=O)N[C@H]1CCCC=C1O. The van der Waals surface area contributed by atoms with Crippen molar-refractivity contribution in [2.75, 3.05) is 0 Å². The molecule has 1 atom stereocenters. The third-order valence-electron chi connectivity index (χ3n) is 4.16. The van der Waals surface area contributed by atoms with E-state index in [9.17, 15) is 14.7 Å². The van der Waals surface area contributed by atoms with Gasteiger partial charge in [-0.3, -0.25) is 9.59 Å². The van der Waals surface area contributed by atoms with Gasteiger partial charge in [0.25, 0.3) is 0 Å². The van der Waals surface area contributed by atoms with Crippen molar-refractivity contribution in [3.8, 4) is 0 Å². The van der Waals surface area contributed by atoms with E-state index in [1.54, 1.807) is 6.08 Å². The van der Waals surface area contributed by atoms with Crippen molar-refractivity contribution in [3.63, 3.8) is 0 Å². The second kappa shape index (κ2) is 11.3. The maximum atomic E-state index is 11.8. The molecule has 4 nitrogen and oxygen atoms in total. The maximum Gasteiger partial charge on any atom is 0.228 e. The van der Waals surface area contributed by atoms with Gasteiger partial charge in [0.2, 0.25) is 5.91 Å². The molecule has 0 aromatic rings.